The second-order valence-corrected chi connectivity index (χ2v) is 5.29. The SMILES string of the molecule is CCCCCCCC[NH+](C)CCCCCC.[Cl-]. The van der Waals surface area contributed by atoms with E-state index in [0.29, 0.717) is 0 Å². The summed E-state index contributed by atoms with van der Waals surface area (Å²) in [4.78, 5) is 1.74. The van der Waals surface area contributed by atoms with Crippen LogP contribution in [-0.2, 0) is 0 Å². The summed E-state index contributed by atoms with van der Waals surface area (Å²) in [6, 6.07) is 0. The van der Waals surface area contributed by atoms with Crippen molar-refractivity contribution in [2.45, 2.75) is 78.1 Å². The van der Waals surface area contributed by atoms with Gasteiger partial charge >= 0.3 is 0 Å². The lowest BCUT2D eigenvalue weighted by Gasteiger charge is -2.13. The van der Waals surface area contributed by atoms with E-state index in [4.69, 9.17) is 0 Å². The van der Waals surface area contributed by atoms with Crippen LogP contribution in [0.2, 0.25) is 0 Å². The lowest BCUT2D eigenvalue weighted by Crippen LogP contribution is -3.09. The van der Waals surface area contributed by atoms with Crippen molar-refractivity contribution in [3.05, 3.63) is 0 Å². The summed E-state index contributed by atoms with van der Waals surface area (Å²) in [5.41, 5.74) is 0. The zero-order valence-corrected chi connectivity index (χ0v) is 13.1. The van der Waals surface area contributed by atoms with E-state index in [9.17, 15) is 0 Å². The zero-order valence-electron chi connectivity index (χ0n) is 12.4. The fourth-order valence-electron chi connectivity index (χ4n) is 2.19. The van der Waals surface area contributed by atoms with E-state index < -0.39 is 0 Å². The predicted molar refractivity (Wildman–Crippen MR) is 74.1 cm³/mol. The molecule has 0 bridgehead atoms. The number of hydrogen-bond acceptors (Lipinski definition) is 0. The van der Waals surface area contributed by atoms with Crippen LogP contribution < -0.4 is 17.3 Å². The molecule has 1 atom stereocenters. The van der Waals surface area contributed by atoms with Gasteiger partial charge in [-0.25, -0.2) is 0 Å². The molecule has 0 aliphatic heterocycles. The van der Waals surface area contributed by atoms with Gasteiger partial charge in [-0.3, -0.25) is 0 Å². The normalized spacial score (nSPS) is 12.2. The van der Waals surface area contributed by atoms with Gasteiger partial charge in [0.1, 0.15) is 0 Å². The molecule has 0 saturated heterocycles. The van der Waals surface area contributed by atoms with Gasteiger partial charge in [0.2, 0.25) is 0 Å². The van der Waals surface area contributed by atoms with Crippen LogP contribution in [0.5, 0.6) is 0 Å². The van der Waals surface area contributed by atoms with E-state index >= 15 is 0 Å². The minimum absolute atomic E-state index is 0. The molecular formula is C15H34ClN. The minimum Gasteiger partial charge on any atom is -1.00 e. The Morgan fingerprint density at radius 3 is 1.41 bits per heavy atom. The van der Waals surface area contributed by atoms with Crippen molar-refractivity contribution in [3.63, 3.8) is 0 Å². The molecule has 0 aliphatic rings. The van der Waals surface area contributed by atoms with E-state index in [1.807, 2.05) is 0 Å². The molecule has 1 nitrogen and oxygen atoms in total. The van der Waals surface area contributed by atoms with Crippen LogP contribution in [0.15, 0.2) is 0 Å². The molecule has 0 heterocycles. The standard InChI is InChI=1S/C15H33N.ClH/c1-4-6-8-10-11-13-15-16(3)14-12-9-7-5-2;/h4-15H2,1-3H3;1H. The van der Waals surface area contributed by atoms with Crippen LogP contribution in [0, 0.1) is 0 Å². The highest BCUT2D eigenvalue weighted by molar-refractivity contribution is 4.43. The first-order chi connectivity index (χ1) is 7.81. The maximum Gasteiger partial charge on any atom is 0.0768 e. The summed E-state index contributed by atoms with van der Waals surface area (Å²) in [6.45, 7) is 7.34. The third kappa shape index (κ3) is 16.2. The van der Waals surface area contributed by atoms with Crippen LogP contribution in [0.25, 0.3) is 0 Å². The van der Waals surface area contributed by atoms with Gasteiger partial charge < -0.3 is 17.3 Å². The molecule has 0 radical (unpaired) electrons. The average Bonchev–Trinajstić information content (AvgIpc) is 2.29. The van der Waals surface area contributed by atoms with Gasteiger partial charge in [0.05, 0.1) is 20.1 Å². The molecule has 0 aromatic rings. The van der Waals surface area contributed by atoms with E-state index in [0.717, 1.165) is 0 Å². The molecule has 0 aliphatic carbocycles. The summed E-state index contributed by atoms with van der Waals surface area (Å²) in [5, 5.41) is 0. The fraction of sp³-hybridized carbons (Fsp3) is 1.00. The minimum atomic E-state index is 0. The molecule has 1 N–H and O–H groups in total. The number of quaternary nitrogens is 1. The van der Waals surface area contributed by atoms with Gasteiger partial charge in [-0.15, -0.1) is 0 Å². The van der Waals surface area contributed by atoms with E-state index in [1.165, 1.54) is 77.3 Å². The molecule has 0 aromatic heterocycles. The van der Waals surface area contributed by atoms with Crippen LogP contribution in [0.1, 0.15) is 78.1 Å². The van der Waals surface area contributed by atoms with Gasteiger partial charge in [0.25, 0.3) is 0 Å². The Morgan fingerprint density at radius 2 is 0.941 bits per heavy atom. The van der Waals surface area contributed by atoms with Crippen molar-refractivity contribution in [1.82, 2.24) is 0 Å². The van der Waals surface area contributed by atoms with Gasteiger partial charge in [0.15, 0.2) is 0 Å². The first-order valence-corrected chi connectivity index (χ1v) is 7.62. The number of hydrogen-bond donors (Lipinski definition) is 1. The number of unbranched alkanes of at least 4 members (excludes halogenated alkanes) is 8. The van der Waals surface area contributed by atoms with Gasteiger partial charge in [0, 0.05) is 0 Å². The fourth-order valence-corrected chi connectivity index (χ4v) is 2.19. The Kier molecular flexibility index (Phi) is 18.7. The lowest BCUT2D eigenvalue weighted by molar-refractivity contribution is -0.880. The van der Waals surface area contributed by atoms with Gasteiger partial charge in [-0.05, 0) is 25.7 Å². The molecule has 17 heavy (non-hydrogen) atoms. The topological polar surface area (TPSA) is 4.44 Å². The van der Waals surface area contributed by atoms with Crippen molar-refractivity contribution in [1.29, 1.82) is 0 Å². The monoisotopic (exact) mass is 263 g/mol. The maximum absolute atomic E-state index is 2.36. The Labute approximate surface area is 116 Å². The smallest absolute Gasteiger partial charge is 0.0768 e. The highest BCUT2D eigenvalue weighted by Crippen LogP contribution is 2.03. The second kappa shape index (κ2) is 16.2. The van der Waals surface area contributed by atoms with Crippen molar-refractivity contribution >= 4 is 0 Å². The highest BCUT2D eigenvalue weighted by Gasteiger charge is 2.00. The second-order valence-electron chi connectivity index (χ2n) is 5.29. The molecule has 0 saturated carbocycles. The zero-order chi connectivity index (χ0) is 12.1. The molecular weight excluding hydrogens is 230 g/mol. The maximum atomic E-state index is 2.36. The molecule has 2 heteroatoms. The Balaban J connectivity index is 0. The van der Waals surface area contributed by atoms with E-state index in [2.05, 4.69) is 20.9 Å². The van der Waals surface area contributed by atoms with Crippen LogP contribution in [-0.4, -0.2) is 20.1 Å². The molecule has 0 amide bonds. The average molecular weight is 264 g/mol. The molecule has 0 fully saturated rings. The highest BCUT2D eigenvalue weighted by atomic mass is 35.5. The lowest BCUT2D eigenvalue weighted by atomic mass is 10.1. The van der Waals surface area contributed by atoms with E-state index in [1.54, 1.807) is 4.90 Å². The third-order valence-electron chi connectivity index (χ3n) is 3.41. The van der Waals surface area contributed by atoms with Crippen molar-refractivity contribution in [2.75, 3.05) is 20.1 Å². The van der Waals surface area contributed by atoms with E-state index in [-0.39, 0.29) is 12.4 Å². The Hall–Kier alpha value is 0.250. The van der Waals surface area contributed by atoms with Crippen LogP contribution in [0.4, 0.5) is 0 Å². The molecule has 0 aromatic carbocycles. The molecule has 1 unspecified atom stereocenters. The first-order valence-electron chi connectivity index (χ1n) is 7.62. The summed E-state index contributed by atoms with van der Waals surface area (Å²) in [6.07, 6.45) is 14.2. The Bertz CT molecular complexity index is 128. The summed E-state index contributed by atoms with van der Waals surface area (Å²) >= 11 is 0. The number of halogens is 1. The summed E-state index contributed by atoms with van der Waals surface area (Å²) in [7, 11) is 2.36. The van der Waals surface area contributed by atoms with Crippen molar-refractivity contribution in [3.8, 4) is 0 Å². The largest absolute Gasteiger partial charge is 1.00 e. The molecule has 0 spiro atoms. The van der Waals surface area contributed by atoms with Gasteiger partial charge in [-0.1, -0.05) is 52.4 Å². The van der Waals surface area contributed by atoms with Gasteiger partial charge in [-0.2, -0.15) is 0 Å². The molecule has 0 rings (SSSR count). The van der Waals surface area contributed by atoms with Crippen molar-refractivity contribution in [2.24, 2.45) is 0 Å². The Morgan fingerprint density at radius 1 is 0.588 bits per heavy atom. The van der Waals surface area contributed by atoms with Crippen LogP contribution >= 0.6 is 0 Å². The quantitative estimate of drug-likeness (QED) is 0.488. The number of nitrogens with one attached hydrogen (secondary N) is 1. The van der Waals surface area contributed by atoms with Crippen molar-refractivity contribution < 1.29 is 17.3 Å². The summed E-state index contributed by atoms with van der Waals surface area (Å²) < 4.78 is 0. The third-order valence-corrected chi connectivity index (χ3v) is 3.41. The molecule has 106 valence electrons. The number of rotatable bonds is 12. The van der Waals surface area contributed by atoms with Crippen LogP contribution in [0.3, 0.4) is 0 Å². The summed E-state index contributed by atoms with van der Waals surface area (Å²) in [5.74, 6) is 0. The first kappa shape index (κ1) is 19.6. The predicted octanol–water partition coefficient (Wildman–Crippen LogP) is 0.446.